The van der Waals surface area contributed by atoms with E-state index in [1.165, 1.54) is 24.8 Å². The molecule has 1 aromatic heterocycles. The summed E-state index contributed by atoms with van der Waals surface area (Å²) in [5, 5.41) is 3.51. The minimum atomic E-state index is 0.310. The quantitative estimate of drug-likeness (QED) is 0.709. The Labute approximate surface area is 160 Å². The SMILES string of the molecule is COc1ccc([C@@H](CNc2cnc3ccccc3n2)N2CCCCC2)cc1. The van der Waals surface area contributed by atoms with Crippen molar-refractivity contribution < 1.29 is 4.74 Å². The minimum absolute atomic E-state index is 0.310. The second-order valence-corrected chi connectivity index (χ2v) is 7.01. The van der Waals surface area contributed by atoms with Crippen molar-refractivity contribution >= 4 is 16.9 Å². The van der Waals surface area contributed by atoms with E-state index in [4.69, 9.17) is 9.72 Å². The summed E-state index contributed by atoms with van der Waals surface area (Å²) in [4.78, 5) is 11.8. The van der Waals surface area contributed by atoms with Gasteiger partial charge >= 0.3 is 0 Å². The molecule has 5 heteroatoms. The van der Waals surface area contributed by atoms with Crippen LogP contribution in [0.3, 0.4) is 0 Å². The van der Waals surface area contributed by atoms with Crippen LogP contribution in [0, 0.1) is 0 Å². The predicted molar refractivity (Wildman–Crippen MR) is 109 cm³/mol. The summed E-state index contributed by atoms with van der Waals surface area (Å²) in [6.07, 6.45) is 5.68. The van der Waals surface area contributed by atoms with Gasteiger partial charge < -0.3 is 10.1 Å². The fourth-order valence-corrected chi connectivity index (χ4v) is 3.76. The third kappa shape index (κ3) is 4.19. The normalized spacial score (nSPS) is 16.2. The van der Waals surface area contributed by atoms with E-state index < -0.39 is 0 Å². The molecule has 0 bridgehead atoms. The van der Waals surface area contributed by atoms with Crippen molar-refractivity contribution in [3.05, 3.63) is 60.3 Å². The third-order valence-electron chi connectivity index (χ3n) is 5.26. The smallest absolute Gasteiger partial charge is 0.145 e. The van der Waals surface area contributed by atoms with Crippen molar-refractivity contribution in [3.63, 3.8) is 0 Å². The molecule has 2 heterocycles. The number of rotatable bonds is 6. The standard InChI is InChI=1S/C22H26N4O/c1-27-18-11-9-17(10-12-18)21(26-13-5-2-6-14-26)15-24-22-16-23-19-7-3-4-8-20(19)25-22/h3-4,7-12,16,21H,2,5-6,13-15H2,1H3,(H,24,25)/t21-/m1/s1. The van der Waals surface area contributed by atoms with Gasteiger partial charge in [-0.2, -0.15) is 0 Å². The number of methoxy groups -OCH3 is 1. The Kier molecular flexibility index (Phi) is 5.49. The summed E-state index contributed by atoms with van der Waals surface area (Å²) in [5.74, 6) is 1.72. The van der Waals surface area contributed by atoms with Crippen LogP contribution in [0.5, 0.6) is 5.75 Å². The third-order valence-corrected chi connectivity index (χ3v) is 5.26. The molecule has 1 aliphatic rings. The number of ether oxygens (including phenoxy) is 1. The Bertz CT molecular complexity index is 875. The molecule has 0 amide bonds. The molecule has 1 fully saturated rings. The molecule has 5 nitrogen and oxygen atoms in total. The molecule has 140 valence electrons. The minimum Gasteiger partial charge on any atom is -0.497 e. The molecular weight excluding hydrogens is 336 g/mol. The van der Waals surface area contributed by atoms with Gasteiger partial charge in [-0.1, -0.05) is 30.7 Å². The van der Waals surface area contributed by atoms with Gasteiger partial charge in [0.1, 0.15) is 11.6 Å². The fourth-order valence-electron chi connectivity index (χ4n) is 3.76. The molecule has 0 aliphatic carbocycles. The summed E-state index contributed by atoms with van der Waals surface area (Å²) in [5.41, 5.74) is 3.14. The Morgan fingerprint density at radius 2 is 1.74 bits per heavy atom. The molecule has 2 aromatic carbocycles. The number of benzene rings is 2. The van der Waals surface area contributed by atoms with Crippen LogP contribution in [-0.4, -0.2) is 41.6 Å². The van der Waals surface area contributed by atoms with Gasteiger partial charge in [0.15, 0.2) is 0 Å². The first-order valence-corrected chi connectivity index (χ1v) is 9.67. The predicted octanol–water partition coefficient (Wildman–Crippen LogP) is 4.28. The lowest BCUT2D eigenvalue weighted by Crippen LogP contribution is -2.37. The van der Waals surface area contributed by atoms with Gasteiger partial charge in [-0.05, 0) is 55.8 Å². The Balaban J connectivity index is 1.53. The zero-order valence-electron chi connectivity index (χ0n) is 15.8. The van der Waals surface area contributed by atoms with Crippen molar-refractivity contribution in [2.45, 2.75) is 25.3 Å². The number of hydrogen-bond acceptors (Lipinski definition) is 5. The van der Waals surface area contributed by atoms with E-state index in [1.54, 1.807) is 7.11 Å². The number of nitrogens with one attached hydrogen (secondary N) is 1. The van der Waals surface area contributed by atoms with Crippen LogP contribution < -0.4 is 10.1 Å². The second-order valence-electron chi connectivity index (χ2n) is 7.01. The van der Waals surface area contributed by atoms with E-state index in [1.807, 2.05) is 42.6 Å². The van der Waals surface area contributed by atoms with E-state index in [2.05, 4.69) is 27.3 Å². The summed E-state index contributed by atoms with van der Waals surface area (Å²) in [6, 6.07) is 16.7. The number of likely N-dealkylation sites (tertiary alicyclic amines) is 1. The topological polar surface area (TPSA) is 50.3 Å². The van der Waals surface area contributed by atoms with E-state index in [-0.39, 0.29) is 0 Å². The summed E-state index contributed by atoms with van der Waals surface area (Å²) in [7, 11) is 1.71. The number of hydrogen-bond donors (Lipinski definition) is 1. The van der Waals surface area contributed by atoms with Crippen LogP contribution in [-0.2, 0) is 0 Å². The average molecular weight is 362 g/mol. The first-order chi connectivity index (χ1) is 13.3. The molecule has 3 aromatic rings. The van der Waals surface area contributed by atoms with Gasteiger partial charge in [-0.15, -0.1) is 0 Å². The molecule has 27 heavy (non-hydrogen) atoms. The number of anilines is 1. The van der Waals surface area contributed by atoms with Gasteiger partial charge in [-0.3, -0.25) is 9.88 Å². The van der Waals surface area contributed by atoms with Gasteiger partial charge in [0.05, 0.1) is 30.4 Å². The fraction of sp³-hybridized carbons (Fsp3) is 0.364. The molecule has 0 spiro atoms. The lowest BCUT2D eigenvalue weighted by atomic mass is 10.0. The highest BCUT2D eigenvalue weighted by atomic mass is 16.5. The molecule has 1 aliphatic heterocycles. The molecule has 1 atom stereocenters. The Morgan fingerprint density at radius 3 is 2.48 bits per heavy atom. The first kappa shape index (κ1) is 17.7. The van der Waals surface area contributed by atoms with E-state index in [0.29, 0.717) is 6.04 Å². The molecule has 0 unspecified atom stereocenters. The first-order valence-electron chi connectivity index (χ1n) is 9.67. The van der Waals surface area contributed by atoms with Crippen molar-refractivity contribution in [1.29, 1.82) is 0 Å². The van der Waals surface area contributed by atoms with E-state index >= 15 is 0 Å². The number of fused-ring (bicyclic) bond motifs is 1. The monoisotopic (exact) mass is 362 g/mol. The van der Waals surface area contributed by atoms with Gasteiger partial charge in [-0.25, -0.2) is 4.98 Å². The maximum Gasteiger partial charge on any atom is 0.145 e. The highest BCUT2D eigenvalue weighted by Crippen LogP contribution is 2.26. The van der Waals surface area contributed by atoms with Gasteiger partial charge in [0.2, 0.25) is 0 Å². The van der Waals surface area contributed by atoms with Gasteiger partial charge in [0, 0.05) is 6.54 Å². The van der Waals surface area contributed by atoms with Crippen LogP contribution in [0.2, 0.25) is 0 Å². The number of nitrogens with zero attached hydrogens (tertiary/aromatic N) is 3. The largest absolute Gasteiger partial charge is 0.497 e. The Morgan fingerprint density at radius 1 is 1.00 bits per heavy atom. The lowest BCUT2D eigenvalue weighted by Gasteiger charge is -2.35. The van der Waals surface area contributed by atoms with Crippen molar-refractivity contribution in [1.82, 2.24) is 14.9 Å². The van der Waals surface area contributed by atoms with E-state index in [9.17, 15) is 0 Å². The summed E-state index contributed by atoms with van der Waals surface area (Å²) in [6.45, 7) is 3.09. The Hall–Kier alpha value is -2.66. The molecule has 1 saturated heterocycles. The summed E-state index contributed by atoms with van der Waals surface area (Å²) >= 11 is 0. The molecule has 4 rings (SSSR count). The van der Waals surface area contributed by atoms with Crippen molar-refractivity contribution in [3.8, 4) is 5.75 Å². The lowest BCUT2D eigenvalue weighted by molar-refractivity contribution is 0.170. The maximum atomic E-state index is 5.32. The van der Waals surface area contributed by atoms with Gasteiger partial charge in [0.25, 0.3) is 0 Å². The number of piperidine rings is 1. The average Bonchev–Trinajstić information content (AvgIpc) is 2.75. The maximum absolute atomic E-state index is 5.32. The number of aromatic nitrogens is 2. The summed E-state index contributed by atoms with van der Waals surface area (Å²) < 4.78 is 5.32. The van der Waals surface area contributed by atoms with Crippen LogP contribution in [0.15, 0.2) is 54.7 Å². The molecule has 0 radical (unpaired) electrons. The zero-order valence-corrected chi connectivity index (χ0v) is 15.8. The van der Waals surface area contributed by atoms with Crippen molar-refractivity contribution in [2.24, 2.45) is 0 Å². The molecule has 1 N–H and O–H groups in total. The second kappa shape index (κ2) is 8.35. The van der Waals surface area contributed by atoms with Crippen LogP contribution in [0.25, 0.3) is 11.0 Å². The molecule has 0 saturated carbocycles. The van der Waals surface area contributed by atoms with Crippen LogP contribution in [0.1, 0.15) is 30.9 Å². The van der Waals surface area contributed by atoms with E-state index in [0.717, 1.165) is 42.2 Å². The highest BCUT2D eigenvalue weighted by Gasteiger charge is 2.22. The van der Waals surface area contributed by atoms with Crippen molar-refractivity contribution in [2.75, 3.05) is 32.1 Å². The van der Waals surface area contributed by atoms with Crippen LogP contribution >= 0.6 is 0 Å². The zero-order chi connectivity index (χ0) is 18.5. The molecular formula is C22H26N4O. The number of para-hydroxylation sites is 2. The van der Waals surface area contributed by atoms with Crippen LogP contribution in [0.4, 0.5) is 5.82 Å². The highest BCUT2D eigenvalue weighted by molar-refractivity contribution is 5.75.